The molecule has 1 saturated carbocycles. The number of aromatic nitrogens is 2. The molecule has 1 aliphatic rings. The Balaban J connectivity index is 1.56. The van der Waals surface area contributed by atoms with E-state index in [0.717, 1.165) is 17.6 Å². The van der Waals surface area contributed by atoms with Gasteiger partial charge in [-0.15, -0.1) is 0 Å². The van der Waals surface area contributed by atoms with Gasteiger partial charge >= 0.3 is 0 Å². The number of fused-ring (bicyclic) bond motifs is 1. The molecule has 0 atom stereocenters. The van der Waals surface area contributed by atoms with Gasteiger partial charge < -0.3 is 9.30 Å². The van der Waals surface area contributed by atoms with Gasteiger partial charge in [0.15, 0.2) is 0 Å². The maximum atomic E-state index is 12.8. The Labute approximate surface area is 195 Å². The molecule has 33 heavy (non-hydrogen) atoms. The standard InChI is InChI=1S/C26H31N5O2/c1-30(22-6-4-3-5-7-22)18-20-10-13-24-23(16-20)28-26(31(24)14-15-33-2)29-25(32)21-11-8-19(17-27)9-12-21/h8-13,16,22H,3-7,14-15,18H2,1-2H3,(H,28,29,32). The summed E-state index contributed by atoms with van der Waals surface area (Å²) in [7, 11) is 3.87. The van der Waals surface area contributed by atoms with Gasteiger partial charge in [0, 0.05) is 31.8 Å². The number of benzene rings is 2. The normalized spacial score (nSPS) is 14.5. The minimum atomic E-state index is -0.259. The quantitative estimate of drug-likeness (QED) is 0.549. The van der Waals surface area contributed by atoms with Crippen molar-refractivity contribution in [3.05, 3.63) is 59.2 Å². The van der Waals surface area contributed by atoms with Crippen molar-refractivity contribution in [3.8, 4) is 6.07 Å². The summed E-state index contributed by atoms with van der Waals surface area (Å²) >= 11 is 0. The van der Waals surface area contributed by atoms with E-state index in [1.165, 1.54) is 37.7 Å². The van der Waals surface area contributed by atoms with E-state index < -0.39 is 0 Å². The third-order valence-corrected chi connectivity index (χ3v) is 6.46. The van der Waals surface area contributed by atoms with E-state index in [0.29, 0.717) is 36.3 Å². The van der Waals surface area contributed by atoms with Crippen molar-refractivity contribution in [2.75, 3.05) is 26.1 Å². The molecule has 0 unspecified atom stereocenters. The molecule has 3 aromatic rings. The Hall–Kier alpha value is -3.21. The lowest BCUT2D eigenvalue weighted by Crippen LogP contribution is -2.32. The van der Waals surface area contributed by atoms with Crippen LogP contribution in [-0.4, -0.2) is 47.2 Å². The fourth-order valence-corrected chi connectivity index (χ4v) is 4.59. The van der Waals surface area contributed by atoms with E-state index in [1.54, 1.807) is 31.4 Å². The van der Waals surface area contributed by atoms with Crippen molar-refractivity contribution < 1.29 is 9.53 Å². The van der Waals surface area contributed by atoms with E-state index in [1.807, 2.05) is 4.57 Å². The van der Waals surface area contributed by atoms with Crippen LogP contribution in [0.1, 0.15) is 53.6 Å². The van der Waals surface area contributed by atoms with E-state index in [9.17, 15) is 4.79 Å². The smallest absolute Gasteiger partial charge is 0.257 e. The minimum Gasteiger partial charge on any atom is -0.383 e. The average molecular weight is 446 g/mol. The number of ether oxygens (including phenoxy) is 1. The highest BCUT2D eigenvalue weighted by Gasteiger charge is 2.19. The monoisotopic (exact) mass is 445 g/mol. The Morgan fingerprint density at radius 3 is 2.67 bits per heavy atom. The number of amides is 1. The minimum absolute atomic E-state index is 0.259. The maximum Gasteiger partial charge on any atom is 0.257 e. The van der Waals surface area contributed by atoms with E-state index in [4.69, 9.17) is 15.0 Å². The highest BCUT2D eigenvalue weighted by atomic mass is 16.5. The van der Waals surface area contributed by atoms with Crippen molar-refractivity contribution in [2.45, 2.75) is 51.2 Å². The summed E-state index contributed by atoms with van der Waals surface area (Å²) in [5.74, 6) is 0.236. The topological polar surface area (TPSA) is 83.2 Å². The molecular formula is C26H31N5O2. The molecule has 2 aromatic carbocycles. The summed E-state index contributed by atoms with van der Waals surface area (Å²) < 4.78 is 7.26. The molecule has 7 nitrogen and oxygen atoms in total. The van der Waals surface area contributed by atoms with Gasteiger partial charge in [-0.1, -0.05) is 25.3 Å². The first-order chi connectivity index (χ1) is 16.1. The summed E-state index contributed by atoms with van der Waals surface area (Å²) in [5.41, 5.74) is 4.04. The number of nitrogens with one attached hydrogen (secondary N) is 1. The van der Waals surface area contributed by atoms with Crippen LogP contribution in [0.2, 0.25) is 0 Å². The summed E-state index contributed by atoms with van der Waals surface area (Å²) in [6.07, 6.45) is 6.54. The molecule has 0 bridgehead atoms. The fraction of sp³-hybridized carbons (Fsp3) is 0.423. The first-order valence-electron chi connectivity index (χ1n) is 11.6. The number of carbonyl (C=O) groups excluding carboxylic acids is 1. The fourth-order valence-electron chi connectivity index (χ4n) is 4.59. The second-order valence-corrected chi connectivity index (χ2v) is 8.75. The van der Waals surface area contributed by atoms with Gasteiger partial charge in [-0.2, -0.15) is 5.26 Å². The largest absolute Gasteiger partial charge is 0.383 e. The van der Waals surface area contributed by atoms with Crippen LogP contribution >= 0.6 is 0 Å². The van der Waals surface area contributed by atoms with E-state index in [-0.39, 0.29) is 5.91 Å². The number of nitriles is 1. The van der Waals surface area contributed by atoms with Crippen molar-refractivity contribution in [2.24, 2.45) is 0 Å². The lowest BCUT2D eigenvalue weighted by molar-refractivity contribution is 0.102. The Kier molecular flexibility index (Phi) is 7.38. The number of hydrogen-bond donors (Lipinski definition) is 1. The average Bonchev–Trinajstić information content (AvgIpc) is 3.19. The molecule has 1 fully saturated rings. The zero-order valence-corrected chi connectivity index (χ0v) is 19.4. The second-order valence-electron chi connectivity index (χ2n) is 8.75. The summed E-state index contributed by atoms with van der Waals surface area (Å²) in [4.78, 5) is 20.0. The number of carbonyl (C=O) groups is 1. The van der Waals surface area contributed by atoms with Crippen molar-refractivity contribution >= 4 is 22.9 Å². The van der Waals surface area contributed by atoms with Crippen molar-refractivity contribution in [3.63, 3.8) is 0 Å². The Morgan fingerprint density at radius 1 is 1.21 bits per heavy atom. The van der Waals surface area contributed by atoms with Crippen LogP contribution in [0, 0.1) is 11.3 Å². The molecule has 0 radical (unpaired) electrons. The molecule has 1 amide bonds. The SMILES string of the molecule is COCCn1c(NC(=O)c2ccc(C#N)cc2)nc2cc(CN(C)C3CCCCC3)ccc21. The summed E-state index contributed by atoms with van der Waals surface area (Å²) in [6.45, 7) is 1.98. The lowest BCUT2D eigenvalue weighted by atomic mass is 9.94. The lowest BCUT2D eigenvalue weighted by Gasteiger charge is -2.31. The summed E-state index contributed by atoms with van der Waals surface area (Å²) in [6, 6.07) is 15.6. The number of anilines is 1. The van der Waals surface area contributed by atoms with Crippen LogP contribution in [0.5, 0.6) is 0 Å². The molecule has 1 N–H and O–H groups in total. The molecule has 1 aromatic heterocycles. The Bertz CT molecular complexity index is 1140. The Morgan fingerprint density at radius 2 is 1.97 bits per heavy atom. The number of rotatable bonds is 8. The molecule has 1 heterocycles. The van der Waals surface area contributed by atoms with Gasteiger partial charge in [0.05, 0.1) is 29.3 Å². The maximum absolute atomic E-state index is 12.8. The van der Waals surface area contributed by atoms with Crippen LogP contribution in [0.3, 0.4) is 0 Å². The summed E-state index contributed by atoms with van der Waals surface area (Å²) in [5, 5.41) is 11.9. The van der Waals surface area contributed by atoms with Crippen molar-refractivity contribution in [1.29, 1.82) is 5.26 Å². The van der Waals surface area contributed by atoms with E-state index >= 15 is 0 Å². The molecule has 1 aliphatic carbocycles. The van der Waals surface area contributed by atoms with Crippen LogP contribution in [0.15, 0.2) is 42.5 Å². The number of methoxy groups -OCH3 is 1. The van der Waals surface area contributed by atoms with Crippen LogP contribution in [-0.2, 0) is 17.8 Å². The first-order valence-corrected chi connectivity index (χ1v) is 11.6. The zero-order valence-electron chi connectivity index (χ0n) is 19.4. The van der Waals surface area contributed by atoms with Gasteiger partial charge in [-0.05, 0) is 61.9 Å². The molecule has 0 spiro atoms. The van der Waals surface area contributed by atoms with Crippen LogP contribution in [0.4, 0.5) is 5.95 Å². The van der Waals surface area contributed by atoms with Gasteiger partial charge in [0.25, 0.3) is 5.91 Å². The van der Waals surface area contributed by atoms with Gasteiger partial charge in [-0.3, -0.25) is 15.0 Å². The number of imidazole rings is 1. The van der Waals surface area contributed by atoms with E-state index in [2.05, 4.69) is 41.5 Å². The van der Waals surface area contributed by atoms with Gasteiger partial charge in [0.1, 0.15) is 0 Å². The van der Waals surface area contributed by atoms with Crippen LogP contribution in [0.25, 0.3) is 11.0 Å². The zero-order chi connectivity index (χ0) is 23.2. The molecule has 172 valence electrons. The first kappa shape index (κ1) is 23.0. The second kappa shape index (κ2) is 10.6. The predicted molar refractivity (Wildman–Crippen MR) is 129 cm³/mol. The molecule has 4 rings (SSSR count). The highest BCUT2D eigenvalue weighted by Crippen LogP contribution is 2.25. The number of nitrogens with zero attached hydrogens (tertiary/aromatic N) is 4. The van der Waals surface area contributed by atoms with Crippen LogP contribution < -0.4 is 5.32 Å². The van der Waals surface area contributed by atoms with Crippen molar-refractivity contribution in [1.82, 2.24) is 14.5 Å². The third-order valence-electron chi connectivity index (χ3n) is 6.46. The number of hydrogen-bond acceptors (Lipinski definition) is 5. The third kappa shape index (κ3) is 5.41. The predicted octanol–water partition coefficient (Wildman–Crippen LogP) is 4.57. The van der Waals surface area contributed by atoms with Gasteiger partial charge in [-0.25, -0.2) is 4.98 Å². The molecule has 0 aliphatic heterocycles. The molecular weight excluding hydrogens is 414 g/mol. The van der Waals surface area contributed by atoms with Gasteiger partial charge in [0.2, 0.25) is 5.95 Å². The highest BCUT2D eigenvalue weighted by molar-refractivity contribution is 6.04. The molecule has 7 heteroatoms. The molecule has 0 saturated heterocycles.